The lowest BCUT2D eigenvalue weighted by Gasteiger charge is -2.40. The lowest BCUT2D eigenvalue weighted by Crippen LogP contribution is -2.44. The zero-order valence-electron chi connectivity index (χ0n) is 17.1. The number of nitrogens with zero attached hydrogens (tertiary/aromatic N) is 1. The van der Waals surface area contributed by atoms with Crippen molar-refractivity contribution in [3.8, 4) is 11.5 Å². The van der Waals surface area contributed by atoms with E-state index in [1.54, 1.807) is 19.2 Å². The summed E-state index contributed by atoms with van der Waals surface area (Å²) in [5.74, 6) is 1.70. The number of carbonyl (C=O) groups is 2. The van der Waals surface area contributed by atoms with Crippen LogP contribution in [0.1, 0.15) is 53.1 Å². The standard InChI is InChI=1S/C24H26N2O4/c1-25-22(27)13-17-14-24(19-5-3-2-4-18(17)19)8-10-26(11-9-24)23(28)16-6-7-20-21(12-16)30-15-29-20/h2-7,12,17H,8-11,13-15H2,1H3,(H,25,27). The van der Waals surface area contributed by atoms with Gasteiger partial charge in [-0.1, -0.05) is 24.3 Å². The van der Waals surface area contributed by atoms with Gasteiger partial charge in [-0.25, -0.2) is 0 Å². The molecule has 1 unspecified atom stereocenters. The Balaban J connectivity index is 1.32. The van der Waals surface area contributed by atoms with Gasteiger partial charge in [-0.2, -0.15) is 0 Å². The van der Waals surface area contributed by atoms with Crippen LogP contribution in [0.5, 0.6) is 11.5 Å². The third-order valence-corrected chi connectivity index (χ3v) is 6.95. The largest absolute Gasteiger partial charge is 0.454 e. The van der Waals surface area contributed by atoms with E-state index in [4.69, 9.17) is 9.47 Å². The molecule has 1 atom stereocenters. The Kier molecular flexibility index (Phi) is 4.65. The van der Waals surface area contributed by atoms with Gasteiger partial charge in [-0.05, 0) is 59.9 Å². The molecule has 6 nitrogen and oxygen atoms in total. The minimum atomic E-state index is 0.0383. The molecule has 1 saturated heterocycles. The van der Waals surface area contributed by atoms with Gasteiger partial charge < -0.3 is 19.7 Å². The van der Waals surface area contributed by atoms with Crippen LogP contribution in [0.4, 0.5) is 0 Å². The number of likely N-dealkylation sites (tertiary alicyclic amines) is 1. The highest BCUT2D eigenvalue weighted by Crippen LogP contribution is 2.52. The smallest absolute Gasteiger partial charge is 0.253 e. The highest BCUT2D eigenvalue weighted by molar-refractivity contribution is 5.95. The highest BCUT2D eigenvalue weighted by atomic mass is 16.7. The van der Waals surface area contributed by atoms with Crippen LogP contribution in [0.15, 0.2) is 42.5 Å². The number of hydrogen-bond acceptors (Lipinski definition) is 4. The molecule has 3 aliphatic rings. The second-order valence-electron chi connectivity index (χ2n) is 8.51. The predicted octanol–water partition coefficient (Wildman–Crippen LogP) is 3.21. The lowest BCUT2D eigenvalue weighted by molar-refractivity contribution is -0.121. The van der Waals surface area contributed by atoms with Crippen molar-refractivity contribution in [2.24, 2.45) is 0 Å². The third-order valence-electron chi connectivity index (χ3n) is 6.95. The van der Waals surface area contributed by atoms with Crippen LogP contribution in [0.3, 0.4) is 0 Å². The topological polar surface area (TPSA) is 67.9 Å². The van der Waals surface area contributed by atoms with Crippen LogP contribution >= 0.6 is 0 Å². The van der Waals surface area contributed by atoms with Crippen LogP contribution in [0, 0.1) is 0 Å². The van der Waals surface area contributed by atoms with E-state index in [0.29, 0.717) is 36.6 Å². The summed E-state index contributed by atoms with van der Waals surface area (Å²) < 4.78 is 10.8. The molecule has 2 aromatic carbocycles. The molecule has 156 valence electrons. The van der Waals surface area contributed by atoms with Crippen molar-refractivity contribution in [2.45, 2.75) is 37.0 Å². The van der Waals surface area contributed by atoms with Gasteiger partial charge >= 0.3 is 0 Å². The fourth-order valence-electron chi connectivity index (χ4n) is 5.36. The lowest BCUT2D eigenvalue weighted by atomic mass is 9.73. The molecule has 2 aromatic rings. The van der Waals surface area contributed by atoms with Crippen molar-refractivity contribution in [1.29, 1.82) is 0 Å². The van der Waals surface area contributed by atoms with Crippen molar-refractivity contribution in [1.82, 2.24) is 10.2 Å². The molecule has 2 heterocycles. The van der Waals surface area contributed by atoms with E-state index >= 15 is 0 Å². The summed E-state index contributed by atoms with van der Waals surface area (Å²) >= 11 is 0. The maximum Gasteiger partial charge on any atom is 0.253 e. The average molecular weight is 406 g/mol. The van der Waals surface area contributed by atoms with E-state index in [1.807, 2.05) is 11.0 Å². The summed E-state index contributed by atoms with van der Waals surface area (Å²) in [6, 6.07) is 13.9. The van der Waals surface area contributed by atoms with Crippen LogP contribution < -0.4 is 14.8 Å². The number of benzene rings is 2. The maximum atomic E-state index is 13.1. The Morgan fingerprint density at radius 2 is 1.87 bits per heavy atom. The molecule has 6 heteroatoms. The monoisotopic (exact) mass is 406 g/mol. The number of ether oxygens (including phenoxy) is 2. The summed E-state index contributed by atoms with van der Waals surface area (Å²) in [6.07, 6.45) is 3.34. The van der Waals surface area contributed by atoms with Gasteiger partial charge in [-0.15, -0.1) is 0 Å². The zero-order valence-corrected chi connectivity index (χ0v) is 17.1. The first kappa shape index (κ1) is 19.0. The third kappa shape index (κ3) is 3.11. The van der Waals surface area contributed by atoms with Crippen LogP contribution in [0.2, 0.25) is 0 Å². The molecule has 2 amide bonds. The summed E-state index contributed by atoms with van der Waals surface area (Å²) in [5, 5.41) is 2.76. The average Bonchev–Trinajstić information content (AvgIpc) is 3.37. The first-order chi connectivity index (χ1) is 14.6. The van der Waals surface area contributed by atoms with E-state index in [0.717, 1.165) is 19.3 Å². The molecule has 1 fully saturated rings. The van der Waals surface area contributed by atoms with Crippen molar-refractivity contribution in [3.63, 3.8) is 0 Å². The van der Waals surface area contributed by atoms with Gasteiger partial charge in [0.15, 0.2) is 11.5 Å². The maximum absolute atomic E-state index is 13.1. The Bertz CT molecular complexity index is 994. The number of hydrogen-bond donors (Lipinski definition) is 1. The van der Waals surface area contributed by atoms with Crippen molar-refractivity contribution >= 4 is 11.8 Å². The van der Waals surface area contributed by atoms with Gasteiger partial charge in [0.05, 0.1) is 0 Å². The van der Waals surface area contributed by atoms with E-state index in [1.165, 1.54) is 11.1 Å². The fraction of sp³-hybridized carbons (Fsp3) is 0.417. The molecular formula is C24H26N2O4. The van der Waals surface area contributed by atoms with Gasteiger partial charge in [0, 0.05) is 32.1 Å². The Hall–Kier alpha value is -3.02. The molecule has 30 heavy (non-hydrogen) atoms. The SMILES string of the molecule is CNC(=O)CC1CC2(CCN(C(=O)c3ccc4c(c3)OCO4)CC2)c2ccccc21. The van der Waals surface area contributed by atoms with Gasteiger partial charge in [0.2, 0.25) is 12.7 Å². The van der Waals surface area contributed by atoms with Crippen LogP contribution in [0.25, 0.3) is 0 Å². The molecule has 5 rings (SSSR count). The second-order valence-corrected chi connectivity index (χ2v) is 8.51. The van der Waals surface area contributed by atoms with Gasteiger partial charge in [0.1, 0.15) is 0 Å². The molecule has 1 N–H and O–H groups in total. The van der Waals surface area contributed by atoms with Crippen LogP contribution in [-0.2, 0) is 10.2 Å². The molecule has 1 spiro atoms. The van der Waals surface area contributed by atoms with E-state index < -0.39 is 0 Å². The van der Waals surface area contributed by atoms with Crippen molar-refractivity contribution < 1.29 is 19.1 Å². The quantitative estimate of drug-likeness (QED) is 0.850. The van der Waals surface area contributed by atoms with Crippen molar-refractivity contribution in [3.05, 3.63) is 59.2 Å². The molecule has 1 aliphatic carbocycles. The number of rotatable bonds is 3. The first-order valence-corrected chi connectivity index (χ1v) is 10.6. The Morgan fingerprint density at radius 1 is 1.10 bits per heavy atom. The minimum Gasteiger partial charge on any atom is -0.454 e. The van der Waals surface area contributed by atoms with E-state index in [9.17, 15) is 9.59 Å². The molecule has 0 bridgehead atoms. The Morgan fingerprint density at radius 3 is 2.67 bits per heavy atom. The van der Waals surface area contributed by atoms with Gasteiger partial charge in [-0.3, -0.25) is 9.59 Å². The molecule has 0 radical (unpaired) electrons. The summed E-state index contributed by atoms with van der Waals surface area (Å²) in [6.45, 7) is 1.64. The van der Waals surface area contributed by atoms with E-state index in [-0.39, 0.29) is 29.9 Å². The summed E-state index contributed by atoms with van der Waals surface area (Å²) in [7, 11) is 1.69. The summed E-state index contributed by atoms with van der Waals surface area (Å²) in [5.41, 5.74) is 3.37. The highest BCUT2D eigenvalue weighted by Gasteiger charge is 2.46. The van der Waals surface area contributed by atoms with Crippen molar-refractivity contribution in [2.75, 3.05) is 26.9 Å². The second kappa shape index (κ2) is 7.35. The number of fused-ring (bicyclic) bond motifs is 3. The minimum absolute atomic E-state index is 0.0383. The molecule has 2 aliphatic heterocycles. The zero-order chi connectivity index (χ0) is 20.7. The predicted molar refractivity (Wildman–Crippen MR) is 112 cm³/mol. The number of nitrogens with one attached hydrogen (secondary N) is 1. The molecule has 0 saturated carbocycles. The number of amides is 2. The Labute approximate surface area is 176 Å². The van der Waals surface area contributed by atoms with Gasteiger partial charge in [0.25, 0.3) is 5.91 Å². The first-order valence-electron chi connectivity index (χ1n) is 10.6. The molecule has 0 aromatic heterocycles. The molecular weight excluding hydrogens is 380 g/mol. The van der Waals surface area contributed by atoms with E-state index in [2.05, 4.69) is 29.6 Å². The normalized spacial score (nSPS) is 20.8. The summed E-state index contributed by atoms with van der Waals surface area (Å²) in [4.78, 5) is 27.1. The fourth-order valence-corrected chi connectivity index (χ4v) is 5.36. The number of piperidine rings is 1. The number of carbonyl (C=O) groups excluding carboxylic acids is 2. The van der Waals surface area contributed by atoms with Crippen LogP contribution in [-0.4, -0.2) is 43.6 Å².